The lowest BCUT2D eigenvalue weighted by Crippen LogP contribution is -1.94. The fourth-order valence-corrected chi connectivity index (χ4v) is 2.97. The summed E-state index contributed by atoms with van der Waals surface area (Å²) in [5, 5.41) is 5.02. The van der Waals surface area contributed by atoms with E-state index in [4.69, 9.17) is 9.26 Å². The normalized spacial score (nSPS) is 11.3. The van der Waals surface area contributed by atoms with E-state index in [1.165, 1.54) is 0 Å². The highest BCUT2D eigenvalue weighted by molar-refractivity contribution is 9.10. The first-order chi connectivity index (χ1) is 10.1. The molecule has 1 aromatic carbocycles. The standard InChI is InChI=1S/C16H14BrN2O2/c1-9(2)11-8-21-19-16(11)10-7-18-12-5-4-6-13(20-3)14(12)15(10)17/h4-6,8-9H,1-3H3. The Morgan fingerprint density at radius 2 is 2.14 bits per heavy atom. The number of halogens is 1. The third kappa shape index (κ3) is 2.31. The van der Waals surface area contributed by atoms with Crippen LogP contribution in [0.4, 0.5) is 0 Å². The molecule has 2 heterocycles. The van der Waals surface area contributed by atoms with Crippen LogP contribution in [0.15, 0.2) is 33.5 Å². The van der Waals surface area contributed by atoms with Gasteiger partial charge in [-0.15, -0.1) is 0 Å². The molecule has 2 aromatic heterocycles. The first-order valence-corrected chi connectivity index (χ1v) is 7.41. The molecule has 0 aliphatic heterocycles. The SMILES string of the molecule is COc1cccc2n[c]c(-c3nocc3C(C)C)c(Br)c12. The lowest BCUT2D eigenvalue weighted by Gasteiger charge is -2.10. The number of aromatic nitrogens is 2. The largest absolute Gasteiger partial charge is 0.496 e. The van der Waals surface area contributed by atoms with Gasteiger partial charge in [-0.05, 0) is 34.0 Å². The summed E-state index contributed by atoms with van der Waals surface area (Å²) < 4.78 is 11.4. The summed E-state index contributed by atoms with van der Waals surface area (Å²) in [4.78, 5) is 4.39. The van der Waals surface area contributed by atoms with Crippen LogP contribution in [0.5, 0.6) is 5.75 Å². The average molecular weight is 346 g/mol. The van der Waals surface area contributed by atoms with Crippen molar-refractivity contribution in [3.05, 3.63) is 40.7 Å². The van der Waals surface area contributed by atoms with Gasteiger partial charge in [-0.3, -0.25) is 0 Å². The minimum absolute atomic E-state index is 0.305. The molecule has 0 amide bonds. The van der Waals surface area contributed by atoms with Crippen LogP contribution in [0, 0.1) is 6.20 Å². The van der Waals surface area contributed by atoms with Crippen molar-refractivity contribution in [2.24, 2.45) is 0 Å². The van der Waals surface area contributed by atoms with Crippen molar-refractivity contribution >= 4 is 26.8 Å². The van der Waals surface area contributed by atoms with Crippen molar-refractivity contribution in [3.8, 4) is 17.0 Å². The molecule has 1 radical (unpaired) electrons. The van der Waals surface area contributed by atoms with E-state index in [-0.39, 0.29) is 0 Å². The maximum absolute atomic E-state index is 5.43. The second-order valence-corrected chi connectivity index (χ2v) is 5.83. The highest BCUT2D eigenvalue weighted by atomic mass is 79.9. The summed E-state index contributed by atoms with van der Waals surface area (Å²) in [6.45, 7) is 4.19. The maximum atomic E-state index is 5.43. The summed E-state index contributed by atoms with van der Waals surface area (Å²) in [5.41, 5.74) is 3.39. The molecule has 0 fully saturated rings. The Bertz CT molecular complexity index is 796. The van der Waals surface area contributed by atoms with Crippen LogP contribution in [0.2, 0.25) is 0 Å². The van der Waals surface area contributed by atoms with Gasteiger partial charge in [-0.25, -0.2) is 4.98 Å². The molecule has 0 saturated carbocycles. The molecule has 0 aliphatic rings. The fourth-order valence-electron chi connectivity index (χ4n) is 2.29. The summed E-state index contributed by atoms with van der Waals surface area (Å²) in [6, 6.07) is 5.74. The lowest BCUT2D eigenvalue weighted by molar-refractivity contribution is 0.419. The van der Waals surface area contributed by atoms with Crippen LogP contribution in [0.3, 0.4) is 0 Å². The molecular formula is C16H14BrN2O2. The minimum Gasteiger partial charge on any atom is -0.496 e. The van der Waals surface area contributed by atoms with Gasteiger partial charge in [0.05, 0.1) is 18.0 Å². The van der Waals surface area contributed by atoms with Crippen LogP contribution in [-0.4, -0.2) is 17.3 Å². The van der Waals surface area contributed by atoms with Crippen molar-refractivity contribution in [3.63, 3.8) is 0 Å². The van der Waals surface area contributed by atoms with Gasteiger partial charge in [-0.2, -0.15) is 0 Å². The molecule has 0 unspecified atom stereocenters. The zero-order chi connectivity index (χ0) is 15.0. The molecule has 107 valence electrons. The lowest BCUT2D eigenvalue weighted by atomic mass is 10.00. The zero-order valence-electron chi connectivity index (χ0n) is 12.0. The monoisotopic (exact) mass is 345 g/mol. The van der Waals surface area contributed by atoms with E-state index in [0.717, 1.165) is 37.9 Å². The molecule has 3 aromatic rings. The van der Waals surface area contributed by atoms with E-state index in [1.54, 1.807) is 13.4 Å². The quantitative estimate of drug-likeness (QED) is 0.696. The van der Waals surface area contributed by atoms with E-state index in [1.807, 2.05) is 18.2 Å². The Balaban J connectivity index is 2.29. The number of pyridine rings is 1. The summed E-state index contributed by atoms with van der Waals surface area (Å²) in [5.74, 6) is 1.07. The van der Waals surface area contributed by atoms with Gasteiger partial charge in [-0.1, -0.05) is 25.1 Å². The summed E-state index contributed by atoms with van der Waals surface area (Å²) >= 11 is 3.65. The Labute approximate surface area is 131 Å². The zero-order valence-corrected chi connectivity index (χ0v) is 13.6. The van der Waals surface area contributed by atoms with Gasteiger partial charge in [0.2, 0.25) is 0 Å². The predicted molar refractivity (Wildman–Crippen MR) is 84.4 cm³/mol. The Kier molecular flexibility index (Phi) is 3.68. The van der Waals surface area contributed by atoms with Gasteiger partial charge in [0.15, 0.2) is 0 Å². The van der Waals surface area contributed by atoms with Gasteiger partial charge in [0.1, 0.15) is 23.9 Å². The fraction of sp³-hybridized carbons (Fsp3) is 0.250. The third-order valence-corrected chi connectivity index (χ3v) is 4.20. The predicted octanol–water partition coefficient (Wildman–Crippen LogP) is 4.58. The molecule has 3 rings (SSSR count). The number of methoxy groups -OCH3 is 1. The van der Waals surface area contributed by atoms with Gasteiger partial charge in [0, 0.05) is 15.6 Å². The van der Waals surface area contributed by atoms with Crippen molar-refractivity contribution < 1.29 is 9.26 Å². The Morgan fingerprint density at radius 3 is 2.86 bits per heavy atom. The summed E-state index contributed by atoms with van der Waals surface area (Å²) in [6.07, 6.45) is 4.73. The molecular weight excluding hydrogens is 332 g/mol. The Hall–Kier alpha value is -1.88. The number of fused-ring (bicyclic) bond motifs is 1. The highest BCUT2D eigenvalue weighted by Crippen LogP contribution is 2.39. The number of rotatable bonds is 3. The smallest absolute Gasteiger partial charge is 0.129 e. The molecule has 0 N–H and O–H groups in total. The van der Waals surface area contributed by atoms with Gasteiger partial charge in [0.25, 0.3) is 0 Å². The van der Waals surface area contributed by atoms with Crippen LogP contribution < -0.4 is 4.74 Å². The van der Waals surface area contributed by atoms with Crippen molar-refractivity contribution in [1.82, 2.24) is 10.1 Å². The van der Waals surface area contributed by atoms with E-state index in [9.17, 15) is 0 Å². The van der Waals surface area contributed by atoms with Gasteiger partial charge < -0.3 is 9.26 Å². The number of hydrogen-bond donors (Lipinski definition) is 0. The third-order valence-electron chi connectivity index (χ3n) is 3.41. The average Bonchev–Trinajstić information content (AvgIpc) is 2.96. The number of benzene rings is 1. The molecule has 0 atom stereocenters. The van der Waals surface area contributed by atoms with Crippen LogP contribution >= 0.6 is 15.9 Å². The first-order valence-electron chi connectivity index (χ1n) is 6.62. The van der Waals surface area contributed by atoms with Crippen molar-refractivity contribution in [1.29, 1.82) is 0 Å². The van der Waals surface area contributed by atoms with E-state index >= 15 is 0 Å². The van der Waals surface area contributed by atoms with Crippen molar-refractivity contribution in [2.75, 3.05) is 7.11 Å². The molecule has 0 saturated heterocycles. The highest BCUT2D eigenvalue weighted by Gasteiger charge is 2.19. The molecule has 5 heteroatoms. The van der Waals surface area contributed by atoms with Gasteiger partial charge >= 0.3 is 0 Å². The maximum Gasteiger partial charge on any atom is 0.129 e. The summed E-state index contributed by atoms with van der Waals surface area (Å²) in [7, 11) is 1.65. The van der Waals surface area contributed by atoms with E-state index < -0.39 is 0 Å². The second-order valence-electron chi connectivity index (χ2n) is 5.04. The molecule has 0 spiro atoms. The number of nitrogens with zero attached hydrogens (tertiary/aromatic N) is 2. The minimum atomic E-state index is 0.305. The van der Waals surface area contributed by atoms with Crippen molar-refractivity contribution in [2.45, 2.75) is 19.8 Å². The number of hydrogen-bond acceptors (Lipinski definition) is 4. The second kappa shape index (κ2) is 5.48. The molecule has 4 nitrogen and oxygen atoms in total. The van der Waals surface area contributed by atoms with Crippen LogP contribution in [0.1, 0.15) is 25.3 Å². The molecule has 21 heavy (non-hydrogen) atoms. The van der Waals surface area contributed by atoms with E-state index in [2.05, 4.69) is 46.1 Å². The van der Waals surface area contributed by atoms with E-state index in [0.29, 0.717) is 5.92 Å². The topological polar surface area (TPSA) is 48.2 Å². The molecule has 0 bridgehead atoms. The first kappa shape index (κ1) is 14.1. The Morgan fingerprint density at radius 1 is 1.33 bits per heavy atom. The molecule has 0 aliphatic carbocycles. The number of ether oxygens (including phenoxy) is 1. The van der Waals surface area contributed by atoms with Crippen LogP contribution in [-0.2, 0) is 0 Å². The van der Waals surface area contributed by atoms with Crippen LogP contribution in [0.25, 0.3) is 22.2 Å².